The van der Waals surface area contributed by atoms with Gasteiger partial charge >= 0.3 is 0 Å². The molecule has 0 aliphatic heterocycles. The van der Waals surface area contributed by atoms with Crippen LogP contribution in [0, 0.1) is 5.92 Å². The fourth-order valence-electron chi connectivity index (χ4n) is 3.46. The third-order valence-corrected chi connectivity index (χ3v) is 4.81. The Hall–Kier alpha value is -3.21. The van der Waals surface area contributed by atoms with Crippen LogP contribution in [0.5, 0.6) is 23.0 Å². The minimum atomic E-state index is -0.0104. The van der Waals surface area contributed by atoms with Gasteiger partial charge in [-0.3, -0.25) is 4.79 Å². The van der Waals surface area contributed by atoms with Gasteiger partial charge in [-0.1, -0.05) is 19.1 Å². The van der Waals surface area contributed by atoms with Gasteiger partial charge < -0.3 is 19.7 Å². The molecule has 0 amide bonds. The molecule has 5 heteroatoms. The minimum Gasteiger partial charge on any atom is -0.504 e. The number of ether oxygens (including phenoxy) is 2. The molecule has 2 aromatic rings. The van der Waals surface area contributed by atoms with Crippen LogP contribution in [-0.2, 0) is 4.79 Å². The molecule has 28 heavy (non-hydrogen) atoms. The van der Waals surface area contributed by atoms with Crippen LogP contribution < -0.4 is 9.47 Å². The Bertz CT molecular complexity index is 880. The number of hydrogen-bond acceptors (Lipinski definition) is 5. The highest BCUT2D eigenvalue weighted by Gasteiger charge is 2.25. The number of hydrogen-bond donors (Lipinski definition) is 2. The first-order valence-corrected chi connectivity index (χ1v) is 9.11. The van der Waals surface area contributed by atoms with Crippen LogP contribution in [-0.4, -0.2) is 30.2 Å². The minimum absolute atomic E-state index is 0.0104. The topological polar surface area (TPSA) is 76.0 Å². The normalized spacial score (nSPS) is 19.8. The molecule has 0 spiro atoms. The van der Waals surface area contributed by atoms with E-state index < -0.39 is 0 Å². The van der Waals surface area contributed by atoms with Gasteiger partial charge in [0.05, 0.1) is 14.2 Å². The lowest BCUT2D eigenvalue weighted by Gasteiger charge is -2.22. The Kier molecular flexibility index (Phi) is 5.73. The zero-order valence-electron chi connectivity index (χ0n) is 16.2. The average Bonchev–Trinajstić information content (AvgIpc) is 2.66. The average molecular weight is 380 g/mol. The van der Waals surface area contributed by atoms with Crippen molar-refractivity contribution in [3.8, 4) is 23.0 Å². The van der Waals surface area contributed by atoms with E-state index in [1.165, 1.54) is 14.2 Å². The molecule has 0 bridgehead atoms. The molecule has 0 unspecified atom stereocenters. The van der Waals surface area contributed by atoms with Crippen LogP contribution in [0.3, 0.4) is 0 Å². The Morgan fingerprint density at radius 1 is 0.857 bits per heavy atom. The fourth-order valence-corrected chi connectivity index (χ4v) is 3.46. The summed E-state index contributed by atoms with van der Waals surface area (Å²) in [6, 6.07) is 10.1. The lowest BCUT2D eigenvalue weighted by atomic mass is 9.81. The number of carbonyl (C=O) groups excluding carboxylic acids is 1. The molecular formula is C23H24O5. The van der Waals surface area contributed by atoms with Crippen molar-refractivity contribution < 1.29 is 24.5 Å². The highest BCUT2D eigenvalue weighted by atomic mass is 16.5. The molecule has 2 N–H and O–H groups in total. The van der Waals surface area contributed by atoms with Crippen molar-refractivity contribution >= 4 is 17.9 Å². The van der Waals surface area contributed by atoms with Crippen molar-refractivity contribution in [2.75, 3.05) is 14.2 Å². The quantitative estimate of drug-likeness (QED) is 0.759. The lowest BCUT2D eigenvalue weighted by Crippen LogP contribution is -2.18. The number of carbonyl (C=O) groups is 1. The number of phenols is 2. The second-order valence-electron chi connectivity index (χ2n) is 7.04. The molecule has 0 atom stereocenters. The van der Waals surface area contributed by atoms with Crippen LogP contribution in [0.15, 0.2) is 47.5 Å². The van der Waals surface area contributed by atoms with Crippen LogP contribution in [0.25, 0.3) is 12.2 Å². The summed E-state index contributed by atoms with van der Waals surface area (Å²) in [5.74, 6) is 1.17. The van der Waals surface area contributed by atoms with E-state index in [1.807, 2.05) is 24.3 Å². The zero-order chi connectivity index (χ0) is 20.3. The summed E-state index contributed by atoms with van der Waals surface area (Å²) in [5, 5.41) is 19.9. The maximum absolute atomic E-state index is 13.0. The van der Waals surface area contributed by atoms with Gasteiger partial charge in [0, 0.05) is 11.1 Å². The molecule has 3 rings (SSSR count). The summed E-state index contributed by atoms with van der Waals surface area (Å²) in [4.78, 5) is 13.0. The zero-order valence-corrected chi connectivity index (χ0v) is 16.2. The molecule has 0 saturated heterocycles. The van der Waals surface area contributed by atoms with Crippen molar-refractivity contribution in [1.29, 1.82) is 0 Å². The van der Waals surface area contributed by atoms with Gasteiger partial charge in [0.2, 0.25) is 0 Å². The summed E-state index contributed by atoms with van der Waals surface area (Å²) < 4.78 is 10.1. The van der Waals surface area contributed by atoms with Crippen molar-refractivity contribution in [1.82, 2.24) is 0 Å². The first-order valence-electron chi connectivity index (χ1n) is 9.11. The van der Waals surface area contributed by atoms with E-state index in [-0.39, 0.29) is 17.3 Å². The molecule has 1 fully saturated rings. The third kappa shape index (κ3) is 4.19. The van der Waals surface area contributed by atoms with Gasteiger partial charge in [0.15, 0.2) is 28.8 Å². The molecule has 0 radical (unpaired) electrons. The largest absolute Gasteiger partial charge is 0.504 e. The lowest BCUT2D eigenvalue weighted by molar-refractivity contribution is -0.113. The highest BCUT2D eigenvalue weighted by molar-refractivity contribution is 6.14. The Labute approximate surface area is 164 Å². The van der Waals surface area contributed by atoms with Gasteiger partial charge in [-0.2, -0.15) is 0 Å². The highest BCUT2D eigenvalue weighted by Crippen LogP contribution is 2.34. The molecule has 2 aromatic carbocycles. The van der Waals surface area contributed by atoms with Crippen molar-refractivity contribution in [2.24, 2.45) is 5.92 Å². The van der Waals surface area contributed by atoms with Gasteiger partial charge in [-0.05, 0) is 66.3 Å². The van der Waals surface area contributed by atoms with Crippen molar-refractivity contribution in [3.05, 3.63) is 58.7 Å². The molecular weight excluding hydrogens is 356 g/mol. The SMILES string of the molecule is COc1ccc(C=C2CC(C)CC(=Cc3ccc(OC)c(O)c3)C2=O)cc1O. The van der Waals surface area contributed by atoms with E-state index in [0.717, 1.165) is 11.1 Å². The van der Waals surface area contributed by atoms with Gasteiger partial charge in [0.25, 0.3) is 0 Å². The second kappa shape index (κ2) is 8.21. The summed E-state index contributed by atoms with van der Waals surface area (Å²) in [7, 11) is 2.99. The number of allylic oxidation sites excluding steroid dienone is 2. The Morgan fingerprint density at radius 3 is 1.64 bits per heavy atom. The molecule has 1 aliphatic rings. The second-order valence-corrected chi connectivity index (χ2v) is 7.04. The maximum atomic E-state index is 13.0. The number of aromatic hydroxyl groups is 2. The molecule has 5 nitrogen and oxygen atoms in total. The number of phenolic OH excluding ortho intramolecular Hbond substituents is 2. The molecule has 146 valence electrons. The summed E-state index contributed by atoms with van der Waals surface area (Å²) in [5.41, 5.74) is 2.90. The van der Waals surface area contributed by atoms with E-state index in [4.69, 9.17) is 9.47 Å². The number of benzene rings is 2. The van der Waals surface area contributed by atoms with E-state index in [9.17, 15) is 15.0 Å². The molecule has 1 saturated carbocycles. The number of methoxy groups -OCH3 is 2. The molecule has 0 aromatic heterocycles. The number of Topliss-reactive ketones (excluding diaryl/α,β-unsaturated/α-hetero) is 1. The Morgan fingerprint density at radius 2 is 1.29 bits per heavy atom. The molecule has 0 heterocycles. The van der Waals surface area contributed by atoms with Gasteiger partial charge in [-0.25, -0.2) is 0 Å². The summed E-state index contributed by atoms with van der Waals surface area (Å²) >= 11 is 0. The van der Waals surface area contributed by atoms with Crippen LogP contribution in [0.1, 0.15) is 30.9 Å². The van der Waals surface area contributed by atoms with Gasteiger partial charge in [0.1, 0.15) is 0 Å². The van der Waals surface area contributed by atoms with Crippen molar-refractivity contribution in [3.63, 3.8) is 0 Å². The fraction of sp³-hybridized carbons (Fsp3) is 0.261. The Balaban J connectivity index is 1.92. The first-order chi connectivity index (χ1) is 13.4. The van der Waals surface area contributed by atoms with Gasteiger partial charge in [-0.15, -0.1) is 0 Å². The summed E-state index contributed by atoms with van der Waals surface area (Å²) in [6.45, 7) is 2.10. The van der Waals surface area contributed by atoms with Crippen LogP contribution in [0.2, 0.25) is 0 Å². The standard InChI is InChI=1S/C23H24O5/c1-14-8-17(10-15-4-6-21(27-2)19(24)12-15)23(26)18(9-14)11-16-5-7-22(28-3)20(25)13-16/h4-7,10-14,24-25H,8-9H2,1-3H3. The monoisotopic (exact) mass is 380 g/mol. The van der Waals surface area contributed by atoms with E-state index in [1.54, 1.807) is 24.3 Å². The first kappa shape index (κ1) is 19.5. The number of rotatable bonds is 4. The molecule has 1 aliphatic carbocycles. The predicted molar refractivity (Wildman–Crippen MR) is 109 cm³/mol. The van der Waals surface area contributed by atoms with E-state index in [2.05, 4.69) is 6.92 Å². The smallest absolute Gasteiger partial charge is 0.185 e. The van der Waals surface area contributed by atoms with E-state index >= 15 is 0 Å². The van der Waals surface area contributed by atoms with Crippen LogP contribution >= 0.6 is 0 Å². The maximum Gasteiger partial charge on any atom is 0.185 e. The van der Waals surface area contributed by atoms with E-state index in [0.29, 0.717) is 41.4 Å². The van der Waals surface area contributed by atoms with Crippen LogP contribution in [0.4, 0.5) is 0 Å². The van der Waals surface area contributed by atoms with Crippen molar-refractivity contribution in [2.45, 2.75) is 19.8 Å². The predicted octanol–water partition coefficient (Wildman–Crippen LogP) is 4.58. The summed E-state index contributed by atoms with van der Waals surface area (Å²) in [6.07, 6.45) is 4.99. The third-order valence-electron chi connectivity index (χ3n) is 4.81. The number of ketones is 1.